The summed E-state index contributed by atoms with van der Waals surface area (Å²) in [5.74, 6) is -2.02. The molecule has 1 aliphatic heterocycles. The summed E-state index contributed by atoms with van der Waals surface area (Å²) in [6, 6.07) is 9.06. The average molecular weight is 392 g/mol. The molecule has 0 spiro atoms. The van der Waals surface area contributed by atoms with Gasteiger partial charge >= 0.3 is 0 Å². The van der Waals surface area contributed by atoms with Crippen molar-refractivity contribution in [3.05, 3.63) is 71.0 Å². The highest BCUT2D eigenvalue weighted by Gasteiger charge is 2.28. The van der Waals surface area contributed by atoms with Crippen molar-refractivity contribution in [2.24, 2.45) is 5.16 Å². The fourth-order valence-corrected chi connectivity index (χ4v) is 2.93. The van der Waals surface area contributed by atoms with Crippen molar-refractivity contribution in [1.29, 1.82) is 0 Å². The molecule has 0 saturated heterocycles. The number of carbonyl (C=O) groups excluding carboxylic acids is 1. The van der Waals surface area contributed by atoms with Crippen molar-refractivity contribution in [3.63, 3.8) is 0 Å². The summed E-state index contributed by atoms with van der Waals surface area (Å²) in [7, 11) is 1.42. The molecule has 0 aromatic heterocycles. The molecule has 0 bridgehead atoms. The van der Waals surface area contributed by atoms with E-state index >= 15 is 0 Å². The predicted octanol–water partition coefficient (Wildman–Crippen LogP) is 3.27. The number of carbonyl (C=O) groups is 1. The first kappa shape index (κ1) is 19.9. The lowest BCUT2D eigenvalue weighted by Crippen LogP contribution is -2.39. The summed E-state index contributed by atoms with van der Waals surface area (Å²) in [6.45, 7) is 0.312. The van der Waals surface area contributed by atoms with Gasteiger partial charge in [0.05, 0.1) is 12.3 Å². The minimum absolute atomic E-state index is 0.117. The van der Waals surface area contributed by atoms with Crippen LogP contribution in [-0.4, -0.2) is 42.9 Å². The Bertz CT molecular complexity index is 871. The summed E-state index contributed by atoms with van der Waals surface area (Å²) in [6.07, 6.45) is -0.219. The standard InChI is InChI=1S/C20H19F3N2O3/c1-27-12-20(26)25(10-13-2-4-14(21)5-3-13)11-16-9-19(24-28-16)17-7-6-15(22)8-18(17)23/h2-8,16H,9-12H2,1H3/t16-/m0/s1. The van der Waals surface area contributed by atoms with Crippen LogP contribution in [-0.2, 0) is 20.9 Å². The van der Waals surface area contributed by atoms with Crippen molar-refractivity contribution in [3.8, 4) is 0 Å². The number of ether oxygens (including phenoxy) is 1. The van der Waals surface area contributed by atoms with E-state index in [1.165, 1.54) is 30.2 Å². The Morgan fingerprint density at radius 3 is 2.57 bits per heavy atom. The number of amides is 1. The number of rotatable bonds is 7. The zero-order chi connectivity index (χ0) is 20.1. The number of benzene rings is 2. The molecule has 0 aliphatic carbocycles. The first-order chi connectivity index (χ1) is 13.5. The number of oxime groups is 1. The Kier molecular flexibility index (Phi) is 6.30. The second-order valence-electron chi connectivity index (χ2n) is 6.43. The summed E-state index contributed by atoms with van der Waals surface area (Å²) in [5.41, 5.74) is 1.26. The molecule has 1 heterocycles. The molecular weight excluding hydrogens is 373 g/mol. The minimum atomic E-state index is -0.721. The Balaban J connectivity index is 1.67. The fraction of sp³-hybridized carbons (Fsp3) is 0.300. The third kappa shape index (κ3) is 4.89. The maximum atomic E-state index is 14.0. The van der Waals surface area contributed by atoms with E-state index in [1.54, 1.807) is 12.1 Å². The molecule has 1 amide bonds. The fourth-order valence-electron chi connectivity index (χ4n) is 2.93. The molecule has 0 unspecified atom stereocenters. The van der Waals surface area contributed by atoms with Crippen molar-refractivity contribution in [2.75, 3.05) is 20.3 Å². The molecule has 0 saturated carbocycles. The summed E-state index contributed by atoms with van der Waals surface area (Å²) >= 11 is 0. The van der Waals surface area contributed by atoms with Crippen molar-refractivity contribution < 1.29 is 27.5 Å². The van der Waals surface area contributed by atoms with Crippen LogP contribution >= 0.6 is 0 Å². The first-order valence-corrected chi connectivity index (χ1v) is 8.65. The molecule has 28 heavy (non-hydrogen) atoms. The molecule has 0 fully saturated rings. The number of methoxy groups -OCH3 is 1. The van der Waals surface area contributed by atoms with Crippen LogP contribution in [0.2, 0.25) is 0 Å². The topological polar surface area (TPSA) is 51.1 Å². The Morgan fingerprint density at radius 1 is 1.18 bits per heavy atom. The van der Waals surface area contributed by atoms with Gasteiger partial charge in [-0.2, -0.15) is 0 Å². The van der Waals surface area contributed by atoms with Gasteiger partial charge in [-0.15, -0.1) is 0 Å². The lowest BCUT2D eigenvalue weighted by molar-refractivity contribution is -0.137. The third-order valence-electron chi connectivity index (χ3n) is 4.31. The van der Waals surface area contributed by atoms with Gasteiger partial charge in [-0.3, -0.25) is 4.79 Å². The van der Waals surface area contributed by atoms with E-state index < -0.39 is 17.7 Å². The first-order valence-electron chi connectivity index (χ1n) is 8.65. The quantitative estimate of drug-likeness (QED) is 0.727. The second-order valence-corrected chi connectivity index (χ2v) is 6.43. The van der Waals surface area contributed by atoms with Crippen LogP contribution in [0.4, 0.5) is 13.2 Å². The van der Waals surface area contributed by atoms with Crippen LogP contribution in [0.1, 0.15) is 17.5 Å². The van der Waals surface area contributed by atoms with Gasteiger partial charge < -0.3 is 14.5 Å². The van der Waals surface area contributed by atoms with Crippen LogP contribution in [0.25, 0.3) is 0 Å². The molecule has 3 rings (SSSR count). The smallest absolute Gasteiger partial charge is 0.248 e. The SMILES string of the molecule is COCC(=O)N(Cc1ccc(F)cc1)C[C@@H]1CC(c2ccc(F)cc2F)=NO1. The molecule has 0 N–H and O–H groups in total. The van der Waals surface area contributed by atoms with Crippen LogP contribution < -0.4 is 0 Å². The molecule has 1 atom stereocenters. The Labute approximate surface area is 160 Å². The van der Waals surface area contributed by atoms with Gasteiger partial charge in [0.15, 0.2) is 6.10 Å². The highest BCUT2D eigenvalue weighted by molar-refractivity contribution is 6.01. The van der Waals surface area contributed by atoms with E-state index in [4.69, 9.17) is 9.57 Å². The van der Waals surface area contributed by atoms with Crippen molar-refractivity contribution in [1.82, 2.24) is 4.90 Å². The Hall–Kier alpha value is -2.87. The molecular formula is C20H19F3N2O3. The summed E-state index contributed by atoms with van der Waals surface area (Å²) in [4.78, 5) is 19.2. The van der Waals surface area contributed by atoms with E-state index in [1.807, 2.05) is 0 Å². The Morgan fingerprint density at radius 2 is 1.89 bits per heavy atom. The minimum Gasteiger partial charge on any atom is -0.390 e. The number of nitrogens with zero attached hydrogens (tertiary/aromatic N) is 2. The molecule has 1 aliphatic rings. The zero-order valence-electron chi connectivity index (χ0n) is 15.2. The lowest BCUT2D eigenvalue weighted by Gasteiger charge is -2.24. The molecule has 148 valence electrons. The lowest BCUT2D eigenvalue weighted by atomic mass is 10.0. The van der Waals surface area contributed by atoms with Gasteiger partial charge in [0.1, 0.15) is 24.1 Å². The van der Waals surface area contributed by atoms with Gasteiger partial charge in [0.25, 0.3) is 0 Å². The largest absolute Gasteiger partial charge is 0.390 e. The predicted molar refractivity (Wildman–Crippen MR) is 96.1 cm³/mol. The average Bonchev–Trinajstić information content (AvgIpc) is 3.11. The van der Waals surface area contributed by atoms with E-state index in [2.05, 4.69) is 5.16 Å². The molecule has 2 aromatic rings. The van der Waals surface area contributed by atoms with Crippen LogP contribution in [0.3, 0.4) is 0 Å². The van der Waals surface area contributed by atoms with Crippen LogP contribution in [0.5, 0.6) is 0 Å². The van der Waals surface area contributed by atoms with E-state index in [0.717, 1.165) is 17.7 Å². The van der Waals surface area contributed by atoms with E-state index in [9.17, 15) is 18.0 Å². The molecule has 2 aromatic carbocycles. The number of halogens is 3. The normalized spacial score (nSPS) is 15.9. The number of hydrogen-bond acceptors (Lipinski definition) is 4. The highest BCUT2D eigenvalue weighted by atomic mass is 19.1. The van der Waals surface area contributed by atoms with Gasteiger partial charge in [-0.05, 0) is 29.8 Å². The number of hydrogen-bond donors (Lipinski definition) is 0. The van der Waals surface area contributed by atoms with Gasteiger partial charge in [-0.1, -0.05) is 17.3 Å². The van der Waals surface area contributed by atoms with Crippen molar-refractivity contribution >= 4 is 11.6 Å². The van der Waals surface area contributed by atoms with Gasteiger partial charge in [0.2, 0.25) is 5.91 Å². The van der Waals surface area contributed by atoms with E-state index in [0.29, 0.717) is 5.71 Å². The third-order valence-corrected chi connectivity index (χ3v) is 4.31. The van der Waals surface area contributed by atoms with Gasteiger partial charge in [-0.25, -0.2) is 13.2 Å². The van der Waals surface area contributed by atoms with Crippen LogP contribution in [0, 0.1) is 17.5 Å². The summed E-state index contributed by atoms with van der Waals surface area (Å²) in [5, 5.41) is 3.89. The van der Waals surface area contributed by atoms with Crippen LogP contribution in [0.15, 0.2) is 47.6 Å². The second kappa shape index (κ2) is 8.88. The summed E-state index contributed by atoms with van der Waals surface area (Å²) < 4.78 is 45.1. The highest BCUT2D eigenvalue weighted by Crippen LogP contribution is 2.21. The molecule has 5 nitrogen and oxygen atoms in total. The maximum absolute atomic E-state index is 14.0. The molecule has 0 radical (unpaired) electrons. The zero-order valence-corrected chi connectivity index (χ0v) is 15.2. The monoisotopic (exact) mass is 392 g/mol. The van der Waals surface area contributed by atoms with Crippen molar-refractivity contribution in [2.45, 2.75) is 19.1 Å². The molecule has 8 heteroatoms. The van der Waals surface area contributed by atoms with E-state index in [-0.39, 0.29) is 43.4 Å². The maximum Gasteiger partial charge on any atom is 0.248 e. The van der Waals surface area contributed by atoms with Gasteiger partial charge in [0, 0.05) is 31.7 Å².